The van der Waals surface area contributed by atoms with Crippen LogP contribution in [0.25, 0.3) is 22.0 Å². The van der Waals surface area contributed by atoms with E-state index >= 15 is 0 Å². The van der Waals surface area contributed by atoms with Crippen LogP contribution in [0.2, 0.25) is 5.02 Å². The number of rotatable bonds is 7. The molecule has 0 aliphatic rings. The van der Waals surface area contributed by atoms with E-state index in [2.05, 4.69) is 20.6 Å². The molecule has 7 heteroatoms. The molecule has 2 aromatic carbocycles. The normalized spacial score (nSPS) is 10.9. The van der Waals surface area contributed by atoms with Crippen molar-refractivity contribution in [2.75, 3.05) is 18.5 Å². The summed E-state index contributed by atoms with van der Waals surface area (Å²) in [6, 6.07) is 18.9. The highest BCUT2D eigenvalue weighted by molar-refractivity contribution is 6.38. The van der Waals surface area contributed by atoms with Gasteiger partial charge in [-0.1, -0.05) is 54.1 Å². The van der Waals surface area contributed by atoms with Gasteiger partial charge in [-0.15, -0.1) is 0 Å². The Morgan fingerprint density at radius 2 is 1.84 bits per heavy atom. The lowest BCUT2D eigenvalue weighted by Gasteiger charge is -2.11. The third-order valence-electron chi connectivity index (χ3n) is 4.83. The summed E-state index contributed by atoms with van der Waals surface area (Å²) in [5.41, 5.74) is 3.54. The van der Waals surface area contributed by atoms with Crippen LogP contribution in [0, 0.1) is 0 Å². The fourth-order valence-electron chi connectivity index (χ4n) is 3.21. The number of nitrogens with one attached hydrogen (secondary N) is 2. The third-order valence-corrected chi connectivity index (χ3v) is 5.24. The predicted molar refractivity (Wildman–Crippen MR) is 123 cm³/mol. The summed E-state index contributed by atoms with van der Waals surface area (Å²) in [7, 11) is 0. The van der Waals surface area contributed by atoms with Crippen molar-refractivity contribution in [2.24, 2.45) is 0 Å². The van der Waals surface area contributed by atoms with Gasteiger partial charge in [0.2, 0.25) is 0 Å². The van der Waals surface area contributed by atoms with Crippen molar-refractivity contribution in [2.45, 2.75) is 6.54 Å². The number of benzene rings is 2. The van der Waals surface area contributed by atoms with Crippen LogP contribution in [0.1, 0.15) is 16.1 Å². The van der Waals surface area contributed by atoms with Crippen LogP contribution in [0.4, 0.5) is 5.69 Å². The molecule has 1 amide bonds. The number of carbonyl (C=O) groups excluding carboxylic acids is 1. The van der Waals surface area contributed by atoms with E-state index in [1.807, 2.05) is 48.5 Å². The Hall–Kier alpha value is -3.32. The van der Waals surface area contributed by atoms with Crippen molar-refractivity contribution in [1.29, 1.82) is 0 Å². The van der Waals surface area contributed by atoms with Gasteiger partial charge in [0.05, 0.1) is 23.0 Å². The standard InChI is InChI=1S/C24H21ClN4O2/c25-23-19-12-22(17-4-2-1-3-5-17)28-15-18(19)7-9-20(23)29-24(31)21-8-6-16(14-27-21)13-26-10-11-30/h1-9,12,14-15,26,30H,10-11,13H2,(H,29,31). The summed E-state index contributed by atoms with van der Waals surface area (Å²) in [4.78, 5) is 21.4. The number of hydrogen-bond donors (Lipinski definition) is 3. The largest absolute Gasteiger partial charge is 0.395 e. The quantitative estimate of drug-likeness (QED) is 0.379. The minimum atomic E-state index is -0.339. The second-order valence-corrected chi connectivity index (χ2v) is 7.37. The first kappa shape index (κ1) is 20.9. The summed E-state index contributed by atoms with van der Waals surface area (Å²) in [6.07, 6.45) is 3.42. The number of fused-ring (bicyclic) bond motifs is 1. The molecule has 4 aromatic rings. The molecule has 6 nitrogen and oxygen atoms in total. The minimum absolute atomic E-state index is 0.0728. The fraction of sp³-hybridized carbons (Fsp3) is 0.125. The van der Waals surface area contributed by atoms with Crippen LogP contribution in [-0.4, -0.2) is 34.1 Å². The molecule has 0 unspecified atom stereocenters. The number of halogens is 1. The van der Waals surface area contributed by atoms with E-state index in [9.17, 15) is 4.79 Å². The van der Waals surface area contributed by atoms with Crippen LogP contribution in [0.5, 0.6) is 0 Å². The van der Waals surface area contributed by atoms with Crippen LogP contribution in [0.15, 0.2) is 73.1 Å². The number of carbonyl (C=O) groups is 1. The Kier molecular flexibility index (Phi) is 6.52. The first-order chi connectivity index (χ1) is 15.2. The monoisotopic (exact) mass is 432 g/mol. The van der Waals surface area contributed by atoms with Crippen LogP contribution >= 0.6 is 11.6 Å². The second kappa shape index (κ2) is 9.66. The Morgan fingerprint density at radius 3 is 2.58 bits per heavy atom. The third kappa shape index (κ3) is 4.88. The molecule has 3 N–H and O–H groups in total. The topological polar surface area (TPSA) is 87.1 Å². The maximum atomic E-state index is 12.7. The Morgan fingerprint density at radius 1 is 1.00 bits per heavy atom. The summed E-state index contributed by atoms with van der Waals surface area (Å²) in [5.74, 6) is -0.339. The average molecular weight is 433 g/mol. The molecule has 156 valence electrons. The van der Waals surface area contributed by atoms with Gasteiger partial charge in [0.15, 0.2) is 0 Å². The smallest absolute Gasteiger partial charge is 0.274 e. The summed E-state index contributed by atoms with van der Waals surface area (Å²) < 4.78 is 0. The van der Waals surface area contributed by atoms with E-state index in [1.54, 1.807) is 24.5 Å². The van der Waals surface area contributed by atoms with Gasteiger partial charge in [-0.2, -0.15) is 0 Å². The van der Waals surface area contributed by atoms with E-state index in [1.165, 1.54) is 0 Å². The van der Waals surface area contributed by atoms with Gasteiger partial charge in [-0.3, -0.25) is 14.8 Å². The Balaban J connectivity index is 1.55. The zero-order chi connectivity index (χ0) is 21.6. The number of aromatic nitrogens is 2. The van der Waals surface area contributed by atoms with E-state index in [0.29, 0.717) is 29.5 Å². The number of nitrogens with zero attached hydrogens (tertiary/aromatic N) is 2. The van der Waals surface area contributed by atoms with Crippen LogP contribution in [-0.2, 0) is 6.54 Å². The lowest BCUT2D eigenvalue weighted by molar-refractivity contribution is 0.102. The molecular formula is C24H21ClN4O2. The highest BCUT2D eigenvalue weighted by Crippen LogP contribution is 2.33. The molecule has 0 atom stereocenters. The van der Waals surface area contributed by atoms with E-state index in [0.717, 1.165) is 27.6 Å². The molecule has 0 aliphatic heterocycles. The van der Waals surface area contributed by atoms with Crippen LogP contribution < -0.4 is 10.6 Å². The summed E-state index contributed by atoms with van der Waals surface area (Å²) in [6.45, 7) is 1.15. The lowest BCUT2D eigenvalue weighted by Crippen LogP contribution is -2.18. The van der Waals surface area contributed by atoms with Crippen molar-refractivity contribution in [1.82, 2.24) is 15.3 Å². The zero-order valence-corrected chi connectivity index (χ0v) is 17.4. The van der Waals surface area contributed by atoms with Crippen molar-refractivity contribution in [3.05, 3.63) is 89.3 Å². The SMILES string of the molecule is O=C(Nc1ccc2cnc(-c3ccccc3)cc2c1Cl)c1ccc(CNCCO)cn1. The van der Waals surface area contributed by atoms with Gasteiger partial charge in [0.25, 0.3) is 5.91 Å². The van der Waals surface area contributed by atoms with Crippen molar-refractivity contribution < 1.29 is 9.90 Å². The first-order valence-electron chi connectivity index (χ1n) is 9.87. The van der Waals surface area contributed by atoms with E-state index in [-0.39, 0.29) is 12.5 Å². The van der Waals surface area contributed by atoms with Crippen LogP contribution in [0.3, 0.4) is 0 Å². The number of hydrogen-bond acceptors (Lipinski definition) is 5. The van der Waals surface area contributed by atoms with Gasteiger partial charge in [0.1, 0.15) is 5.69 Å². The average Bonchev–Trinajstić information content (AvgIpc) is 2.82. The molecule has 4 rings (SSSR count). The molecule has 2 heterocycles. The highest BCUT2D eigenvalue weighted by atomic mass is 35.5. The number of pyridine rings is 2. The number of aliphatic hydroxyl groups excluding tert-OH is 1. The number of aliphatic hydroxyl groups is 1. The van der Waals surface area contributed by atoms with Gasteiger partial charge < -0.3 is 15.7 Å². The predicted octanol–water partition coefficient (Wildman–Crippen LogP) is 4.28. The summed E-state index contributed by atoms with van der Waals surface area (Å²) >= 11 is 6.64. The van der Waals surface area contributed by atoms with Gasteiger partial charge >= 0.3 is 0 Å². The van der Waals surface area contributed by atoms with Crippen molar-refractivity contribution in [3.8, 4) is 11.3 Å². The number of anilines is 1. The number of amides is 1. The molecule has 0 fully saturated rings. The second-order valence-electron chi connectivity index (χ2n) is 6.99. The Bertz CT molecular complexity index is 1200. The van der Waals surface area contributed by atoms with E-state index < -0.39 is 0 Å². The maximum absolute atomic E-state index is 12.7. The Labute approximate surface area is 184 Å². The van der Waals surface area contributed by atoms with Gasteiger partial charge in [-0.25, -0.2) is 0 Å². The van der Waals surface area contributed by atoms with E-state index in [4.69, 9.17) is 16.7 Å². The van der Waals surface area contributed by atoms with Crippen molar-refractivity contribution in [3.63, 3.8) is 0 Å². The van der Waals surface area contributed by atoms with Crippen molar-refractivity contribution >= 4 is 34.0 Å². The molecule has 0 aliphatic carbocycles. The molecule has 0 spiro atoms. The van der Waals surface area contributed by atoms with Gasteiger partial charge in [0, 0.05) is 41.8 Å². The molecule has 2 aromatic heterocycles. The molecule has 0 bridgehead atoms. The molecule has 0 saturated carbocycles. The zero-order valence-electron chi connectivity index (χ0n) is 16.7. The molecule has 31 heavy (non-hydrogen) atoms. The fourth-order valence-corrected chi connectivity index (χ4v) is 3.48. The molecule has 0 radical (unpaired) electrons. The van der Waals surface area contributed by atoms with Gasteiger partial charge in [-0.05, 0) is 23.8 Å². The maximum Gasteiger partial charge on any atom is 0.274 e. The first-order valence-corrected chi connectivity index (χ1v) is 10.2. The molecule has 0 saturated heterocycles. The lowest BCUT2D eigenvalue weighted by atomic mass is 10.1. The summed E-state index contributed by atoms with van der Waals surface area (Å²) in [5, 5.41) is 16.9. The highest BCUT2D eigenvalue weighted by Gasteiger charge is 2.13. The minimum Gasteiger partial charge on any atom is -0.395 e. The molecular weight excluding hydrogens is 412 g/mol.